The molecule has 3 N–H and O–H groups in total. The highest BCUT2D eigenvalue weighted by Crippen LogP contribution is 2.35. The van der Waals surface area contributed by atoms with Crippen molar-refractivity contribution in [2.75, 3.05) is 52.4 Å². The number of aryl methyl sites for hydroxylation is 1. The number of nitrogens with zero attached hydrogens (tertiary/aromatic N) is 5. The minimum atomic E-state index is -0.762. The summed E-state index contributed by atoms with van der Waals surface area (Å²) in [6, 6.07) is 9.23. The fourth-order valence-electron chi connectivity index (χ4n) is 8.51. The number of nitrogens with one attached hydrogen (secondary N) is 1. The molecule has 6 bridgehead atoms. The zero-order valence-corrected chi connectivity index (χ0v) is 29.3. The Labute approximate surface area is 292 Å². The van der Waals surface area contributed by atoms with Crippen LogP contribution in [0.3, 0.4) is 0 Å². The van der Waals surface area contributed by atoms with Gasteiger partial charge in [0.05, 0.1) is 35.1 Å². The topological polar surface area (TPSA) is 141 Å². The summed E-state index contributed by atoms with van der Waals surface area (Å²) in [4.78, 5) is 68.6. The van der Waals surface area contributed by atoms with Crippen LogP contribution in [-0.4, -0.2) is 124 Å². The van der Waals surface area contributed by atoms with Gasteiger partial charge in [-0.1, -0.05) is 18.2 Å². The van der Waals surface area contributed by atoms with Gasteiger partial charge in [-0.3, -0.25) is 24.1 Å². The second kappa shape index (κ2) is 14.4. The van der Waals surface area contributed by atoms with Gasteiger partial charge in [-0.2, -0.15) is 0 Å². The predicted molar refractivity (Wildman–Crippen MR) is 185 cm³/mol. The van der Waals surface area contributed by atoms with E-state index in [-0.39, 0.29) is 67.1 Å². The molecule has 49 heavy (non-hydrogen) atoms. The zero-order chi connectivity index (χ0) is 34.1. The van der Waals surface area contributed by atoms with Crippen molar-refractivity contribution in [2.45, 2.75) is 94.3 Å². The number of aromatic nitrogens is 1. The number of hydrogen-bond donors (Lipinski definition) is 2. The van der Waals surface area contributed by atoms with Crippen LogP contribution in [0.4, 0.5) is 0 Å². The summed E-state index contributed by atoms with van der Waals surface area (Å²) >= 11 is 1.65. The van der Waals surface area contributed by atoms with E-state index in [1.807, 2.05) is 47.1 Å². The molecule has 7 aliphatic heterocycles. The van der Waals surface area contributed by atoms with Gasteiger partial charge < -0.3 is 30.5 Å². The summed E-state index contributed by atoms with van der Waals surface area (Å²) < 4.78 is 5.71. The molecule has 12 nitrogen and oxygen atoms in total. The molecule has 13 heteroatoms. The summed E-state index contributed by atoms with van der Waals surface area (Å²) in [6.45, 7) is 6.12. The van der Waals surface area contributed by atoms with Crippen molar-refractivity contribution in [3.8, 4) is 5.75 Å². The maximum Gasteiger partial charge on any atom is 0.260 e. The number of piperidine rings is 3. The maximum absolute atomic E-state index is 13.9. The second-order valence-corrected chi connectivity index (χ2v) is 15.9. The summed E-state index contributed by atoms with van der Waals surface area (Å²) in [7, 11) is 0. The third-order valence-electron chi connectivity index (χ3n) is 11.4. The molecule has 1 spiro atoms. The van der Waals surface area contributed by atoms with Gasteiger partial charge in [0.15, 0.2) is 6.61 Å². The van der Waals surface area contributed by atoms with Crippen LogP contribution in [0, 0.1) is 6.92 Å². The number of rotatable bonds is 3. The molecule has 4 saturated heterocycles. The first kappa shape index (κ1) is 33.9. The lowest BCUT2D eigenvalue weighted by Crippen LogP contribution is -2.59. The first-order valence-electron chi connectivity index (χ1n) is 18.0. The van der Waals surface area contributed by atoms with Crippen LogP contribution in [0.5, 0.6) is 5.75 Å². The summed E-state index contributed by atoms with van der Waals surface area (Å²) in [5.41, 5.74) is 6.46. The van der Waals surface area contributed by atoms with Crippen LogP contribution in [0.2, 0.25) is 0 Å². The average Bonchev–Trinajstić information content (AvgIpc) is 3.69. The first-order valence-corrected chi connectivity index (χ1v) is 18.8. The molecule has 7 aliphatic rings. The quantitative estimate of drug-likeness (QED) is 0.499. The number of nitrogens with two attached hydrogens (primary N) is 1. The Kier molecular flexibility index (Phi) is 9.94. The van der Waals surface area contributed by atoms with E-state index in [2.05, 4.69) is 10.2 Å². The molecule has 0 aliphatic carbocycles. The molecule has 4 amide bonds. The average molecular weight is 692 g/mol. The van der Waals surface area contributed by atoms with Gasteiger partial charge in [0, 0.05) is 68.7 Å². The molecule has 0 saturated carbocycles. The van der Waals surface area contributed by atoms with Gasteiger partial charge in [-0.05, 0) is 64.0 Å². The van der Waals surface area contributed by atoms with Crippen LogP contribution in [-0.2, 0) is 25.6 Å². The van der Waals surface area contributed by atoms with E-state index in [0.29, 0.717) is 70.8 Å². The van der Waals surface area contributed by atoms with E-state index >= 15 is 0 Å². The van der Waals surface area contributed by atoms with E-state index in [0.717, 1.165) is 41.3 Å². The van der Waals surface area contributed by atoms with Crippen LogP contribution in [0.1, 0.15) is 72.9 Å². The largest absolute Gasteiger partial charge is 0.484 e. The van der Waals surface area contributed by atoms with Crippen LogP contribution >= 0.6 is 11.3 Å². The molecule has 2 atom stereocenters. The lowest BCUT2D eigenvalue weighted by molar-refractivity contribution is -0.141. The monoisotopic (exact) mass is 691 g/mol. The van der Waals surface area contributed by atoms with E-state index in [1.54, 1.807) is 16.2 Å². The van der Waals surface area contributed by atoms with Crippen molar-refractivity contribution in [1.82, 2.24) is 29.9 Å². The Balaban J connectivity index is 1.09. The Morgan fingerprint density at radius 3 is 2.41 bits per heavy atom. The minimum Gasteiger partial charge on any atom is -0.484 e. The summed E-state index contributed by atoms with van der Waals surface area (Å²) in [5, 5.41) is 4.33. The lowest BCUT2D eigenvalue weighted by Gasteiger charge is -2.44. The number of amides is 4. The fourth-order valence-corrected chi connectivity index (χ4v) is 9.62. The van der Waals surface area contributed by atoms with Gasteiger partial charge in [0.1, 0.15) is 5.75 Å². The molecule has 4 fully saturated rings. The number of para-hydroxylation sites is 1. The molecule has 0 radical (unpaired) electrons. The second-order valence-electron chi connectivity index (χ2n) is 14.6. The van der Waals surface area contributed by atoms with E-state index in [1.165, 1.54) is 0 Å². The fraction of sp³-hybridized carbons (Fsp3) is 0.639. The number of hydrogen-bond acceptors (Lipinski definition) is 9. The number of ether oxygens (including phenoxy) is 1. The van der Waals surface area contributed by atoms with Crippen molar-refractivity contribution >= 4 is 35.0 Å². The van der Waals surface area contributed by atoms with E-state index in [4.69, 9.17) is 15.5 Å². The highest BCUT2D eigenvalue weighted by atomic mass is 32.1. The van der Waals surface area contributed by atoms with Gasteiger partial charge >= 0.3 is 0 Å². The first-order chi connectivity index (χ1) is 23.7. The van der Waals surface area contributed by atoms with Crippen molar-refractivity contribution in [1.29, 1.82) is 0 Å². The molecule has 1 aromatic heterocycles. The third kappa shape index (κ3) is 7.48. The van der Waals surface area contributed by atoms with Crippen molar-refractivity contribution in [3.63, 3.8) is 0 Å². The third-order valence-corrected chi connectivity index (χ3v) is 12.6. The molecule has 0 unspecified atom stereocenters. The minimum absolute atomic E-state index is 0.0154. The number of thiazole rings is 1. The number of fused-ring (bicyclic) bond motifs is 2. The Hall–Kier alpha value is -3.55. The van der Waals surface area contributed by atoms with Gasteiger partial charge in [-0.15, -0.1) is 11.3 Å². The molecule has 1 aromatic carbocycles. The summed E-state index contributed by atoms with van der Waals surface area (Å²) in [5.74, 6) is 0.844. The van der Waals surface area contributed by atoms with Gasteiger partial charge in [0.2, 0.25) is 17.7 Å². The lowest BCUT2D eigenvalue weighted by atomic mass is 9.83. The van der Waals surface area contributed by atoms with Crippen LogP contribution < -0.4 is 15.8 Å². The van der Waals surface area contributed by atoms with Crippen LogP contribution in [0.25, 0.3) is 0 Å². The van der Waals surface area contributed by atoms with Crippen LogP contribution in [0.15, 0.2) is 30.3 Å². The molecular weight excluding hydrogens is 643 g/mol. The zero-order valence-electron chi connectivity index (χ0n) is 28.5. The van der Waals surface area contributed by atoms with Crippen molar-refractivity contribution in [3.05, 3.63) is 45.9 Å². The Morgan fingerprint density at radius 1 is 1.00 bits per heavy atom. The Morgan fingerprint density at radius 2 is 1.69 bits per heavy atom. The molecule has 264 valence electrons. The normalized spacial score (nSPS) is 25.9. The Bertz CT molecular complexity index is 1530. The van der Waals surface area contributed by atoms with E-state index < -0.39 is 5.54 Å². The van der Waals surface area contributed by atoms with Gasteiger partial charge in [0.25, 0.3) is 5.91 Å². The van der Waals surface area contributed by atoms with Crippen molar-refractivity contribution in [2.24, 2.45) is 5.73 Å². The smallest absolute Gasteiger partial charge is 0.260 e. The van der Waals surface area contributed by atoms with Crippen molar-refractivity contribution < 1.29 is 23.9 Å². The predicted octanol–water partition coefficient (Wildman–Crippen LogP) is 2.05. The number of carbonyl (C=O) groups excluding carboxylic acids is 4. The van der Waals surface area contributed by atoms with E-state index in [9.17, 15) is 19.2 Å². The number of carbonyl (C=O) groups is 4. The molecular formula is C36H49N7O5S. The SMILES string of the molecule is Cc1sc2nc1CC(=O)NC1(CCN(C(=O)COc3ccccc3)CC1)CC(=O)N1CCC(CC1)N1C[C@@H](N)C[C@H]1C(=O)N1CCC2CC1. The molecule has 8 heterocycles. The maximum atomic E-state index is 13.9. The highest BCUT2D eigenvalue weighted by Gasteiger charge is 2.44. The number of likely N-dealkylation sites (tertiary alicyclic amines) is 1. The molecule has 9 rings (SSSR count). The molecule has 2 aromatic rings. The highest BCUT2D eigenvalue weighted by molar-refractivity contribution is 7.11. The summed E-state index contributed by atoms with van der Waals surface area (Å²) in [6.07, 6.45) is 5.26. The van der Waals surface area contributed by atoms with Gasteiger partial charge in [-0.25, -0.2) is 4.98 Å². The number of benzene rings is 1. The standard InChI is InChI=1S/C36H49N7O5S/c1-24-29-20-31(44)39-36(11-17-41(18-12-36)33(46)23-48-28-5-3-2-4-6-28)21-32(45)40-15-9-27(10-16-40)43-22-26(37)19-30(43)35(47)42-13-7-25(8-14-42)34(38-29)49-24/h2-6,25-27,30H,7-23,37H2,1H3,(H,39,44)/t26-,30-/m0/s1.